The molecule has 0 unspecified atom stereocenters. The van der Waals surface area contributed by atoms with Gasteiger partial charge in [-0.2, -0.15) is 0 Å². The van der Waals surface area contributed by atoms with Crippen molar-refractivity contribution in [2.45, 2.75) is 5.41 Å². The molecular formula is C65H43NO. The molecule has 0 saturated heterocycles. The molecule has 11 aromatic rings. The van der Waals surface area contributed by atoms with Crippen LogP contribution in [0.3, 0.4) is 0 Å². The van der Waals surface area contributed by atoms with E-state index in [0.717, 1.165) is 72.7 Å². The van der Waals surface area contributed by atoms with Crippen molar-refractivity contribution >= 4 is 27.8 Å². The molecule has 11 aromatic carbocycles. The van der Waals surface area contributed by atoms with Gasteiger partial charge in [-0.25, -0.2) is 0 Å². The first-order valence-corrected chi connectivity index (χ1v) is 23.1. The highest BCUT2D eigenvalue weighted by Crippen LogP contribution is 2.57. The minimum atomic E-state index is -0.489. The third-order valence-corrected chi connectivity index (χ3v) is 14.0. The molecule has 0 N–H and O–H groups in total. The van der Waals surface area contributed by atoms with Crippen LogP contribution in [0.2, 0.25) is 0 Å². The van der Waals surface area contributed by atoms with Crippen molar-refractivity contribution in [2.75, 3.05) is 4.90 Å². The van der Waals surface area contributed by atoms with E-state index in [1.165, 1.54) is 44.5 Å². The zero-order valence-electron chi connectivity index (χ0n) is 36.7. The van der Waals surface area contributed by atoms with E-state index in [4.69, 9.17) is 4.74 Å². The molecule has 2 heteroatoms. The van der Waals surface area contributed by atoms with E-state index in [2.05, 4.69) is 266 Å². The van der Waals surface area contributed by atoms with Crippen molar-refractivity contribution in [1.82, 2.24) is 0 Å². The molecule has 1 aliphatic heterocycles. The maximum atomic E-state index is 7.25. The van der Waals surface area contributed by atoms with E-state index in [1.807, 2.05) is 0 Å². The fourth-order valence-electron chi connectivity index (χ4n) is 11.0. The fourth-order valence-corrected chi connectivity index (χ4v) is 11.0. The van der Waals surface area contributed by atoms with Gasteiger partial charge in [0.2, 0.25) is 0 Å². The zero-order valence-corrected chi connectivity index (χ0v) is 36.7. The van der Waals surface area contributed by atoms with Crippen molar-refractivity contribution < 1.29 is 4.74 Å². The van der Waals surface area contributed by atoms with Crippen LogP contribution in [0.25, 0.3) is 66.4 Å². The Kier molecular flexibility index (Phi) is 9.11. The van der Waals surface area contributed by atoms with Crippen molar-refractivity contribution in [3.05, 3.63) is 283 Å². The quantitative estimate of drug-likeness (QED) is 0.158. The molecule has 2 aliphatic rings. The van der Waals surface area contributed by atoms with Crippen LogP contribution in [0, 0.1) is 0 Å². The van der Waals surface area contributed by atoms with E-state index in [1.54, 1.807) is 0 Å². The highest BCUT2D eigenvalue weighted by Gasteiger charge is 2.45. The van der Waals surface area contributed by atoms with Gasteiger partial charge < -0.3 is 9.64 Å². The average molecular weight is 854 g/mol. The Morgan fingerprint density at radius 1 is 0.284 bits per heavy atom. The Bertz CT molecular complexity index is 3590. The van der Waals surface area contributed by atoms with Crippen LogP contribution >= 0.6 is 0 Å². The third-order valence-electron chi connectivity index (χ3n) is 14.0. The van der Waals surface area contributed by atoms with E-state index in [-0.39, 0.29) is 0 Å². The molecule has 0 saturated carbocycles. The van der Waals surface area contributed by atoms with Crippen LogP contribution < -0.4 is 9.64 Å². The summed E-state index contributed by atoms with van der Waals surface area (Å²) in [5.74, 6) is 1.73. The molecule has 0 amide bonds. The van der Waals surface area contributed by atoms with Gasteiger partial charge in [0.1, 0.15) is 11.5 Å². The van der Waals surface area contributed by atoms with Gasteiger partial charge in [0.25, 0.3) is 0 Å². The van der Waals surface area contributed by atoms with E-state index < -0.39 is 5.41 Å². The maximum absolute atomic E-state index is 7.25. The van der Waals surface area contributed by atoms with E-state index >= 15 is 0 Å². The number of rotatable bonds is 7. The molecule has 1 aliphatic carbocycles. The molecule has 2 nitrogen and oxygen atoms in total. The predicted molar refractivity (Wildman–Crippen MR) is 278 cm³/mol. The van der Waals surface area contributed by atoms with Gasteiger partial charge in [-0.15, -0.1) is 0 Å². The number of benzene rings is 11. The lowest BCUT2D eigenvalue weighted by Crippen LogP contribution is -2.28. The molecule has 0 radical (unpaired) electrons. The normalized spacial score (nSPS) is 12.7. The Hall–Kier alpha value is -8.72. The highest BCUT2D eigenvalue weighted by atomic mass is 16.5. The van der Waals surface area contributed by atoms with Crippen LogP contribution in [0.4, 0.5) is 17.1 Å². The van der Waals surface area contributed by atoms with Crippen LogP contribution in [0.15, 0.2) is 261 Å². The number of para-hydroxylation sites is 1. The van der Waals surface area contributed by atoms with Crippen molar-refractivity contribution in [2.24, 2.45) is 0 Å². The summed E-state index contributed by atoms with van der Waals surface area (Å²) >= 11 is 0. The number of hydrogen-bond donors (Lipinski definition) is 0. The monoisotopic (exact) mass is 853 g/mol. The molecule has 1 heterocycles. The Morgan fingerprint density at radius 2 is 0.776 bits per heavy atom. The molecule has 0 spiro atoms. The number of hydrogen-bond acceptors (Lipinski definition) is 2. The largest absolute Gasteiger partial charge is 0.455 e. The molecule has 13 rings (SSSR count). The van der Waals surface area contributed by atoms with E-state index in [9.17, 15) is 0 Å². The summed E-state index contributed by atoms with van der Waals surface area (Å²) in [7, 11) is 0. The first-order chi connectivity index (χ1) is 33.2. The molecule has 0 fully saturated rings. The van der Waals surface area contributed by atoms with Crippen molar-refractivity contribution in [3.63, 3.8) is 0 Å². The van der Waals surface area contributed by atoms with Gasteiger partial charge >= 0.3 is 0 Å². The van der Waals surface area contributed by atoms with Crippen molar-refractivity contribution in [1.29, 1.82) is 0 Å². The summed E-state index contributed by atoms with van der Waals surface area (Å²) in [6.07, 6.45) is 0. The first-order valence-electron chi connectivity index (χ1n) is 23.1. The van der Waals surface area contributed by atoms with Crippen LogP contribution in [0.5, 0.6) is 11.5 Å². The van der Waals surface area contributed by atoms with Crippen LogP contribution in [-0.2, 0) is 5.41 Å². The van der Waals surface area contributed by atoms with Gasteiger partial charge in [-0.1, -0.05) is 218 Å². The molecule has 0 atom stereocenters. The number of fused-ring (bicyclic) bond motifs is 10. The lowest BCUT2D eigenvalue weighted by atomic mass is 9.68. The lowest BCUT2D eigenvalue weighted by molar-refractivity contribution is 0.495. The zero-order chi connectivity index (χ0) is 44.3. The second-order valence-electron chi connectivity index (χ2n) is 17.5. The third kappa shape index (κ3) is 6.18. The average Bonchev–Trinajstić information content (AvgIpc) is 3.62. The summed E-state index contributed by atoms with van der Waals surface area (Å²) in [4.78, 5) is 2.40. The van der Waals surface area contributed by atoms with Crippen LogP contribution in [-0.4, -0.2) is 0 Å². The van der Waals surface area contributed by atoms with Gasteiger partial charge in [0.15, 0.2) is 0 Å². The highest BCUT2D eigenvalue weighted by molar-refractivity contribution is 6.03. The molecular weight excluding hydrogens is 811 g/mol. The first kappa shape index (κ1) is 38.7. The Balaban J connectivity index is 1.02. The maximum Gasteiger partial charge on any atom is 0.143 e. The number of ether oxygens (including phenoxy) is 1. The number of nitrogens with zero attached hydrogens (tertiary/aromatic N) is 1. The summed E-state index contributed by atoms with van der Waals surface area (Å²) in [5.41, 5.74) is 19.2. The summed E-state index contributed by atoms with van der Waals surface area (Å²) < 4.78 is 7.25. The number of anilines is 3. The second kappa shape index (κ2) is 15.8. The Labute approximate surface area is 391 Å². The van der Waals surface area contributed by atoms with Gasteiger partial charge in [0, 0.05) is 39.1 Å². The predicted octanol–water partition coefficient (Wildman–Crippen LogP) is 17.4. The SMILES string of the molecule is c1ccc(-c2ccc(N(c3ccc(C4(c5ccccc5)c5ccccc5-c5ccccc54)cc3)c3ccc4c(c3)-c3cccc(-c5ccccc5)c3Oc3c-4ccc4ccccc34)cc2)cc1. The minimum absolute atomic E-state index is 0.489. The molecule has 0 aromatic heterocycles. The fraction of sp³-hybridized carbons (Fsp3) is 0.0154. The smallest absolute Gasteiger partial charge is 0.143 e. The van der Waals surface area contributed by atoms with E-state index in [0.29, 0.717) is 0 Å². The standard InChI is InChI=1S/C65H43NO/c1-4-17-44(18-5-1)45-31-36-50(37-32-45)66(51-38-34-49(35-39-51)65(48-22-8-3-9-23-48)61-29-14-12-25-56(61)57-26-13-15-30-62(57)65)52-40-42-55-59-41-33-47-21-10-11-24-53(47)64(59)67-63-54(46-19-6-2-7-20-46)27-16-28-58(63)60(55)43-52/h1-43H. The van der Waals surface area contributed by atoms with Crippen molar-refractivity contribution in [3.8, 4) is 67.1 Å². The summed E-state index contributed by atoms with van der Waals surface area (Å²) in [6, 6.07) is 94.9. The minimum Gasteiger partial charge on any atom is -0.455 e. The molecule has 314 valence electrons. The topological polar surface area (TPSA) is 12.5 Å². The van der Waals surface area contributed by atoms with Gasteiger partial charge in [-0.05, 0) is 109 Å². The van der Waals surface area contributed by atoms with Gasteiger partial charge in [0.05, 0.1) is 5.41 Å². The molecule has 67 heavy (non-hydrogen) atoms. The lowest BCUT2D eigenvalue weighted by Gasteiger charge is -2.34. The Morgan fingerprint density at radius 3 is 1.48 bits per heavy atom. The van der Waals surface area contributed by atoms with Gasteiger partial charge in [-0.3, -0.25) is 0 Å². The summed E-state index contributed by atoms with van der Waals surface area (Å²) in [6.45, 7) is 0. The molecule has 0 bridgehead atoms. The summed E-state index contributed by atoms with van der Waals surface area (Å²) in [5, 5.41) is 2.24. The van der Waals surface area contributed by atoms with Crippen LogP contribution in [0.1, 0.15) is 22.3 Å². The second-order valence-corrected chi connectivity index (χ2v) is 17.5.